The Morgan fingerprint density at radius 3 is 2.85 bits per heavy atom. The van der Waals surface area contributed by atoms with E-state index in [1.165, 1.54) is 25.8 Å². The zero-order valence-electron chi connectivity index (χ0n) is 11.3. The molecule has 0 saturated heterocycles. The first-order valence-corrected chi connectivity index (χ1v) is 8.36. The lowest BCUT2D eigenvalue weighted by molar-refractivity contribution is 0.738. The molecule has 2 N–H and O–H groups in total. The monoisotopic (exact) mass is 348 g/mol. The molecule has 0 bridgehead atoms. The molecular weight excluding hydrogens is 332 g/mol. The SMILES string of the molecule is CC(N)Cc1ccc2c(ccn2Cc2sccc2Br)c1. The van der Waals surface area contributed by atoms with Crippen molar-refractivity contribution in [3.63, 3.8) is 0 Å². The Labute approximate surface area is 131 Å². The first kappa shape index (κ1) is 13.9. The normalized spacial score (nSPS) is 12.9. The average Bonchev–Trinajstić information content (AvgIpc) is 2.97. The number of rotatable bonds is 4. The molecule has 0 amide bonds. The lowest BCUT2D eigenvalue weighted by Gasteiger charge is -2.07. The predicted octanol–water partition coefficient (Wildman–Crippen LogP) is 4.40. The Bertz CT molecular complexity index is 727. The van der Waals surface area contributed by atoms with Crippen LogP contribution in [0.3, 0.4) is 0 Å². The highest BCUT2D eigenvalue weighted by molar-refractivity contribution is 9.10. The van der Waals surface area contributed by atoms with E-state index in [1.54, 1.807) is 11.3 Å². The fourth-order valence-corrected chi connectivity index (χ4v) is 3.95. The van der Waals surface area contributed by atoms with Gasteiger partial charge in [0, 0.05) is 27.1 Å². The second-order valence-electron chi connectivity index (χ2n) is 5.21. The van der Waals surface area contributed by atoms with E-state index in [1.807, 2.05) is 6.92 Å². The van der Waals surface area contributed by atoms with E-state index in [9.17, 15) is 0 Å². The highest BCUT2D eigenvalue weighted by Gasteiger charge is 2.07. The van der Waals surface area contributed by atoms with Gasteiger partial charge in [0.25, 0.3) is 0 Å². The van der Waals surface area contributed by atoms with Crippen molar-refractivity contribution in [3.8, 4) is 0 Å². The first-order valence-electron chi connectivity index (χ1n) is 6.68. The summed E-state index contributed by atoms with van der Waals surface area (Å²) < 4.78 is 3.49. The van der Waals surface area contributed by atoms with E-state index in [4.69, 9.17) is 5.73 Å². The highest BCUT2D eigenvalue weighted by atomic mass is 79.9. The van der Waals surface area contributed by atoms with E-state index in [2.05, 4.69) is 62.4 Å². The Morgan fingerprint density at radius 1 is 1.30 bits per heavy atom. The zero-order chi connectivity index (χ0) is 14.1. The number of nitrogens with zero attached hydrogens (tertiary/aromatic N) is 1. The third-order valence-electron chi connectivity index (χ3n) is 3.40. The van der Waals surface area contributed by atoms with Crippen LogP contribution < -0.4 is 5.73 Å². The fourth-order valence-electron chi connectivity index (χ4n) is 2.48. The van der Waals surface area contributed by atoms with Crippen LogP contribution in [0.5, 0.6) is 0 Å². The molecule has 2 aromatic heterocycles. The van der Waals surface area contributed by atoms with Gasteiger partial charge in [0.05, 0.1) is 6.54 Å². The summed E-state index contributed by atoms with van der Waals surface area (Å²) >= 11 is 5.38. The molecule has 0 aliphatic carbocycles. The summed E-state index contributed by atoms with van der Waals surface area (Å²) in [6.07, 6.45) is 3.09. The fraction of sp³-hybridized carbons (Fsp3) is 0.250. The molecule has 0 radical (unpaired) electrons. The molecule has 0 saturated carbocycles. The summed E-state index contributed by atoms with van der Waals surface area (Å²) in [5.74, 6) is 0. The van der Waals surface area contributed by atoms with E-state index >= 15 is 0 Å². The Morgan fingerprint density at radius 2 is 2.15 bits per heavy atom. The van der Waals surface area contributed by atoms with Crippen LogP contribution in [0.1, 0.15) is 17.4 Å². The Balaban J connectivity index is 1.92. The molecule has 2 heterocycles. The van der Waals surface area contributed by atoms with Crippen LogP contribution in [-0.4, -0.2) is 10.6 Å². The summed E-state index contributed by atoms with van der Waals surface area (Å²) in [6, 6.07) is 11.1. The van der Waals surface area contributed by atoms with Gasteiger partial charge in [-0.2, -0.15) is 0 Å². The summed E-state index contributed by atoms with van der Waals surface area (Å²) in [6.45, 7) is 2.96. The van der Waals surface area contributed by atoms with Gasteiger partial charge in [0.15, 0.2) is 0 Å². The maximum atomic E-state index is 5.87. The van der Waals surface area contributed by atoms with E-state index in [-0.39, 0.29) is 6.04 Å². The van der Waals surface area contributed by atoms with E-state index in [0.29, 0.717) is 0 Å². The average molecular weight is 349 g/mol. The van der Waals surface area contributed by atoms with Gasteiger partial charge in [0.2, 0.25) is 0 Å². The molecule has 0 aliphatic heterocycles. The maximum Gasteiger partial charge on any atom is 0.0580 e. The van der Waals surface area contributed by atoms with Crippen LogP contribution >= 0.6 is 27.3 Å². The largest absolute Gasteiger partial charge is 0.342 e. The number of halogens is 1. The molecule has 1 aromatic carbocycles. The van der Waals surface area contributed by atoms with Gasteiger partial charge < -0.3 is 10.3 Å². The lowest BCUT2D eigenvalue weighted by atomic mass is 10.1. The number of benzene rings is 1. The number of hydrogen-bond donors (Lipinski definition) is 1. The summed E-state index contributed by atoms with van der Waals surface area (Å²) in [7, 11) is 0. The minimum absolute atomic E-state index is 0.205. The van der Waals surface area contributed by atoms with Gasteiger partial charge in [-0.1, -0.05) is 6.07 Å². The molecular formula is C16H17BrN2S. The van der Waals surface area contributed by atoms with Gasteiger partial charge in [-0.05, 0) is 69.9 Å². The lowest BCUT2D eigenvalue weighted by Crippen LogP contribution is -2.17. The molecule has 3 rings (SSSR count). The van der Waals surface area contributed by atoms with Gasteiger partial charge in [-0.25, -0.2) is 0 Å². The number of hydrogen-bond acceptors (Lipinski definition) is 2. The van der Waals surface area contributed by atoms with E-state index < -0.39 is 0 Å². The van der Waals surface area contributed by atoms with Crippen molar-refractivity contribution in [1.29, 1.82) is 0 Å². The minimum atomic E-state index is 0.205. The van der Waals surface area contributed by atoms with Gasteiger partial charge in [-0.15, -0.1) is 11.3 Å². The quantitative estimate of drug-likeness (QED) is 0.743. The summed E-state index contributed by atoms with van der Waals surface area (Å²) in [4.78, 5) is 1.35. The molecule has 3 aromatic rings. The molecule has 1 unspecified atom stereocenters. The van der Waals surface area contributed by atoms with Crippen LogP contribution in [0.25, 0.3) is 10.9 Å². The van der Waals surface area contributed by atoms with Crippen molar-refractivity contribution in [2.45, 2.75) is 25.9 Å². The van der Waals surface area contributed by atoms with Crippen molar-refractivity contribution >= 4 is 38.2 Å². The molecule has 0 fully saturated rings. The van der Waals surface area contributed by atoms with Crippen molar-refractivity contribution in [2.75, 3.05) is 0 Å². The van der Waals surface area contributed by atoms with Crippen LogP contribution in [0.15, 0.2) is 46.4 Å². The van der Waals surface area contributed by atoms with Crippen LogP contribution in [0.4, 0.5) is 0 Å². The number of nitrogens with two attached hydrogens (primary N) is 1. The highest BCUT2D eigenvalue weighted by Crippen LogP contribution is 2.26. The smallest absolute Gasteiger partial charge is 0.0580 e. The topological polar surface area (TPSA) is 30.9 Å². The maximum absolute atomic E-state index is 5.87. The molecule has 2 nitrogen and oxygen atoms in total. The third kappa shape index (κ3) is 2.82. The number of thiophene rings is 1. The van der Waals surface area contributed by atoms with Crippen molar-refractivity contribution < 1.29 is 0 Å². The summed E-state index contributed by atoms with van der Waals surface area (Å²) in [5.41, 5.74) is 8.46. The van der Waals surface area contributed by atoms with Crippen LogP contribution in [0, 0.1) is 0 Å². The molecule has 1 atom stereocenters. The van der Waals surface area contributed by atoms with Gasteiger partial charge in [-0.3, -0.25) is 0 Å². The Hall–Kier alpha value is -1.10. The predicted molar refractivity (Wildman–Crippen MR) is 90.4 cm³/mol. The molecule has 0 aliphatic rings. The second kappa shape index (κ2) is 5.72. The zero-order valence-corrected chi connectivity index (χ0v) is 13.7. The summed E-state index contributed by atoms with van der Waals surface area (Å²) in [5, 5.41) is 3.40. The molecule has 104 valence electrons. The minimum Gasteiger partial charge on any atom is -0.342 e. The van der Waals surface area contributed by atoms with Gasteiger partial charge in [0.1, 0.15) is 0 Å². The van der Waals surface area contributed by atoms with Crippen molar-refractivity contribution in [1.82, 2.24) is 4.57 Å². The number of aromatic nitrogens is 1. The molecule has 4 heteroatoms. The van der Waals surface area contributed by atoms with E-state index in [0.717, 1.165) is 13.0 Å². The van der Waals surface area contributed by atoms with Crippen molar-refractivity contribution in [2.24, 2.45) is 5.73 Å². The Kier molecular flexibility index (Phi) is 3.96. The standard InChI is InChI=1S/C16H17BrN2S/c1-11(18)8-12-2-3-15-13(9-12)4-6-19(15)10-16-14(17)5-7-20-16/h2-7,9,11H,8,10,18H2,1H3. The molecule has 20 heavy (non-hydrogen) atoms. The van der Waals surface area contributed by atoms with Crippen molar-refractivity contribution in [3.05, 3.63) is 56.8 Å². The van der Waals surface area contributed by atoms with Crippen LogP contribution in [0.2, 0.25) is 0 Å². The molecule has 0 spiro atoms. The van der Waals surface area contributed by atoms with Crippen LogP contribution in [-0.2, 0) is 13.0 Å². The second-order valence-corrected chi connectivity index (χ2v) is 7.06. The third-order valence-corrected chi connectivity index (χ3v) is 5.31. The first-order chi connectivity index (χ1) is 9.63. The number of fused-ring (bicyclic) bond motifs is 1. The van der Waals surface area contributed by atoms with Gasteiger partial charge >= 0.3 is 0 Å².